The number of anilines is 1. The van der Waals surface area contributed by atoms with Crippen LogP contribution in [-0.2, 0) is 0 Å². The molecule has 0 saturated heterocycles. The molecule has 1 aromatic heterocycles. The minimum absolute atomic E-state index is 0.138. The predicted octanol–water partition coefficient (Wildman–Crippen LogP) is 3.64. The maximum atomic E-state index is 5.59. The van der Waals surface area contributed by atoms with Crippen molar-refractivity contribution in [2.24, 2.45) is 5.92 Å². The molecule has 19 heavy (non-hydrogen) atoms. The van der Waals surface area contributed by atoms with E-state index in [1.165, 1.54) is 32.1 Å². The van der Waals surface area contributed by atoms with Crippen molar-refractivity contribution in [3.05, 3.63) is 12.3 Å². The highest BCUT2D eigenvalue weighted by molar-refractivity contribution is 5.28. The van der Waals surface area contributed by atoms with Gasteiger partial charge in [-0.1, -0.05) is 19.3 Å². The van der Waals surface area contributed by atoms with Crippen LogP contribution >= 0.6 is 0 Å². The first kappa shape index (κ1) is 14.1. The first-order valence-corrected chi connectivity index (χ1v) is 7.41. The van der Waals surface area contributed by atoms with E-state index in [2.05, 4.69) is 22.2 Å². The molecule has 1 fully saturated rings. The van der Waals surface area contributed by atoms with Gasteiger partial charge in [-0.3, -0.25) is 0 Å². The Morgan fingerprint density at radius 1 is 1.21 bits per heavy atom. The largest absolute Gasteiger partial charge is 0.475 e. The fourth-order valence-corrected chi connectivity index (χ4v) is 2.67. The van der Waals surface area contributed by atoms with Crippen molar-refractivity contribution in [1.29, 1.82) is 0 Å². The normalized spacial score (nSPS) is 18.3. The Kier molecular flexibility index (Phi) is 5.00. The molecule has 1 aliphatic rings. The molecule has 2 rings (SSSR count). The average Bonchev–Trinajstić information content (AvgIpc) is 2.39. The van der Waals surface area contributed by atoms with Crippen molar-refractivity contribution < 1.29 is 4.74 Å². The summed E-state index contributed by atoms with van der Waals surface area (Å²) < 4.78 is 5.59. The molecule has 1 heterocycles. The summed E-state index contributed by atoms with van der Waals surface area (Å²) in [6.07, 6.45) is 8.62. The van der Waals surface area contributed by atoms with E-state index >= 15 is 0 Å². The number of ether oxygens (including phenoxy) is 1. The summed E-state index contributed by atoms with van der Waals surface area (Å²) in [5, 5.41) is 3.42. The Hall–Kier alpha value is -1.32. The average molecular weight is 263 g/mol. The van der Waals surface area contributed by atoms with Crippen molar-refractivity contribution >= 4 is 5.95 Å². The number of nitrogens with one attached hydrogen (secondary N) is 1. The van der Waals surface area contributed by atoms with Gasteiger partial charge in [-0.15, -0.1) is 0 Å². The summed E-state index contributed by atoms with van der Waals surface area (Å²) in [5.74, 6) is 2.06. The van der Waals surface area contributed by atoms with E-state index in [9.17, 15) is 0 Å². The van der Waals surface area contributed by atoms with Crippen LogP contribution in [0.4, 0.5) is 5.95 Å². The van der Waals surface area contributed by atoms with Crippen LogP contribution in [0, 0.1) is 5.92 Å². The van der Waals surface area contributed by atoms with Gasteiger partial charge in [-0.2, -0.15) is 4.98 Å². The molecule has 1 aliphatic carbocycles. The van der Waals surface area contributed by atoms with Gasteiger partial charge in [0.25, 0.3) is 0 Å². The summed E-state index contributed by atoms with van der Waals surface area (Å²) >= 11 is 0. The molecule has 1 unspecified atom stereocenters. The monoisotopic (exact) mass is 263 g/mol. The van der Waals surface area contributed by atoms with Gasteiger partial charge in [0, 0.05) is 18.3 Å². The van der Waals surface area contributed by atoms with Gasteiger partial charge in [0.05, 0.1) is 6.10 Å². The van der Waals surface area contributed by atoms with Crippen LogP contribution in [0.15, 0.2) is 12.3 Å². The summed E-state index contributed by atoms with van der Waals surface area (Å²) in [4.78, 5) is 8.68. The molecule has 1 aromatic rings. The molecule has 0 radical (unpaired) electrons. The lowest BCUT2D eigenvalue weighted by Crippen LogP contribution is -2.28. The maximum Gasteiger partial charge on any atom is 0.226 e. The summed E-state index contributed by atoms with van der Waals surface area (Å²) in [6, 6.07) is 2.23. The SMILES string of the molecule is CC(C)Oc1ccnc(NC(C)C2CCCCC2)n1. The molecule has 4 nitrogen and oxygen atoms in total. The smallest absolute Gasteiger partial charge is 0.226 e. The molecule has 1 N–H and O–H groups in total. The molecule has 0 amide bonds. The van der Waals surface area contributed by atoms with Crippen LogP contribution in [0.1, 0.15) is 52.9 Å². The minimum atomic E-state index is 0.138. The first-order chi connectivity index (χ1) is 9.15. The fraction of sp³-hybridized carbons (Fsp3) is 0.733. The van der Waals surface area contributed by atoms with E-state index in [-0.39, 0.29) is 6.10 Å². The predicted molar refractivity (Wildman–Crippen MR) is 77.5 cm³/mol. The Balaban J connectivity index is 1.93. The highest BCUT2D eigenvalue weighted by Crippen LogP contribution is 2.27. The van der Waals surface area contributed by atoms with E-state index in [4.69, 9.17) is 4.74 Å². The van der Waals surface area contributed by atoms with E-state index in [0.717, 1.165) is 5.92 Å². The lowest BCUT2D eigenvalue weighted by Gasteiger charge is -2.28. The Labute approximate surface area is 116 Å². The fourth-order valence-electron chi connectivity index (χ4n) is 2.67. The summed E-state index contributed by atoms with van der Waals surface area (Å²) in [6.45, 7) is 6.23. The van der Waals surface area contributed by atoms with Gasteiger partial charge in [0.2, 0.25) is 11.8 Å². The molecule has 4 heteroatoms. The van der Waals surface area contributed by atoms with E-state index in [0.29, 0.717) is 17.9 Å². The van der Waals surface area contributed by atoms with Crippen molar-refractivity contribution in [2.45, 2.75) is 65.0 Å². The number of aromatic nitrogens is 2. The van der Waals surface area contributed by atoms with Crippen LogP contribution in [-0.4, -0.2) is 22.1 Å². The van der Waals surface area contributed by atoms with Gasteiger partial charge in [-0.05, 0) is 39.5 Å². The maximum absolute atomic E-state index is 5.59. The molecule has 0 aromatic carbocycles. The lowest BCUT2D eigenvalue weighted by molar-refractivity contribution is 0.232. The van der Waals surface area contributed by atoms with Gasteiger partial charge in [0.15, 0.2) is 0 Å². The highest BCUT2D eigenvalue weighted by atomic mass is 16.5. The lowest BCUT2D eigenvalue weighted by atomic mass is 9.85. The second-order valence-electron chi connectivity index (χ2n) is 5.72. The van der Waals surface area contributed by atoms with Crippen LogP contribution < -0.4 is 10.1 Å². The Morgan fingerprint density at radius 2 is 1.95 bits per heavy atom. The van der Waals surface area contributed by atoms with Crippen LogP contribution in [0.2, 0.25) is 0 Å². The highest BCUT2D eigenvalue weighted by Gasteiger charge is 2.20. The third-order valence-corrected chi connectivity index (χ3v) is 3.70. The van der Waals surface area contributed by atoms with Crippen LogP contribution in [0.25, 0.3) is 0 Å². The molecular weight excluding hydrogens is 238 g/mol. The van der Waals surface area contributed by atoms with Gasteiger partial charge >= 0.3 is 0 Å². The van der Waals surface area contributed by atoms with Gasteiger partial charge < -0.3 is 10.1 Å². The minimum Gasteiger partial charge on any atom is -0.475 e. The standard InChI is InChI=1S/C15H25N3O/c1-11(2)19-14-9-10-16-15(18-14)17-12(3)13-7-5-4-6-8-13/h9-13H,4-8H2,1-3H3,(H,16,17,18). The zero-order valence-electron chi connectivity index (χ0n) is 12.2. The first-order valence-electron chi connectivity index (χ1n) is 7.41. The quantitative estimate of drug-likeness (QED) is 0.881. The molecule has 0 aliphatic heterocycles. The second-order valence-corrected chi connectivity index (χ2v) is 5.72. The van der Waals surface area contributed by atoms with E-state index in [1.54, 1.807) is 12.3 Å². The summed E-state index contributed by atoms with van der Waals surface area (Å²) in [5.41, 5.74) is 0. The van der Waals surface area contributed by atoms with E-state index < -0.39 is 0 Å². The van der Waals surface area contributed by atoms with Crippen molar-refractivity contribution in [1.82, 2.24) is 9.97 Å². The number of hydrogen-bond donors (Lipinski definition) is 1. The van der Waals surface area contributed by atoms with E-state index in [1.807, 2.05) is 13.8 Å². The second kappa shape index (κ2) is 6.73. The molecule has 0 bridgehead atoms. The van der Waals surface area contributed by atoms with Crippen molar-refractivity contribution in [2.75, 3.05) is 5.32 Å². The van der Waals surface area contributed by atoms with Crippen LogP contribution in [0.5, 0.6) is 5.88 Å². The number of nitrogens with zero attached hydrogens (tertiary/aromatic N) is 2. The number of rotatable bonds is 5. The molecule has 1 atom stereocenters. The van der Waals surface area contributed by atoms with Gasteiger partial charge in [0.1, 0.15) is 0 Å². The Morgan fingerprint density at radius 3 is 2.63 bits per heavy atom. The Bertz CT molecular complexity index is 389. The van der Waals surface area contributed by atoms with Crippen molar-refractivity contribution in [3.8, 4) is 5.88 Å². The topological polar surface area (TPSA) is 47.0 Å². The molecule has 106 valence electrons. The zero-order valence-corrected chi connectivity index (χ0v) is 12.2. The van der Waals surface area contributed by atoms with Gasteiger partial charge in [-0.25, -0.2) is 4.98 Å². The van der Waals surface area contributed by atoms with Crippen LogP contribution in [0.3, 0.4) is 0 Å². The zero-order chi connectivity index (χ0) is 13.7. The third-order valence-electron chi connectivity index (χ3n) is 3.70. The number of hydrogen-bond acceptors (Lipinski definition) is 4. The molecular formula is C15H25N3O. The molecule has 0 spiro atoms. The summed E-state index contributed by atoms with van der Waals surface area (Å²) in [7, 11) is 0. The molecule has 1 saturated carbocycles. The third kappa shape index (κ3) is 4.37. The van der Waals surface area contributed by atoms with Crippen molar-refractivity contribution in [3.63, 3.8) is 0 Å².